The summed E-state index contributed by atoms with van der Waals surface area (Å²) in [5.74, 6) is 0.888. The number of carbonyl (C=O) groups excluding carboxylic acids is 2. The molecular formula is C43H67N5O5. The molecule has 2 amide bonds. The average molecular weight is 734 g/mol. The number of rotatable bonds is 18. The molecule has 0 aromatic heterocycles. The Morgan fingerprint density at radius 3 is 2.08 bits per heavy atom. The number of nitrogens with one attached hydrogen (secondary N) is 1. The van der Waals surface area contributed by atoms with Gasteiger partial charge in [-0.2, -0.15) is 5.06 Å². The summed E-state index contributed by atoms with van der Waals surface area (Å²) in [5, 5.41) is 26.1. The van der Waals surface area contributed by atoms with E-state index in [1.807, 2.05) is 47.4 Å². The molecule has 0 spiro atoms. The van der Waals surface area contributed by atoms with Gasteiger partial charge in [0.15, 0.2) is 0 Å². The Balaban J connectivity index is 1.30. The molecule has 1 heterocycles. The molecule has 294 valence electrons. The topological polar surface area (TPSA) is 109 Å². The number of nitrogens with zero attached hydrogens (tertiary/aromatic N) is 4. The number of fused-ring (bicyclic) bond motifs is 2. The van der Waals surface area contributed by atoms with Gasteiger partial charge in [-0.05, 0) is 104 Å². The van der Waals surface area contributed by atoms with Crippen LogP contribution in [0.15, 0.2) is 48.5 Å². The molecule has 2 aromatic rings. The molecule has 6 rings (SSSR count). The number of likely N-dealkylation sites (N-methyl/N-ethyl adjacent to an activating group) is 2. The summed E-state index contributed by atoms with van der Waals surface area (Å²) in [7, 11) is 0. The van der Waals surface area contributed by atoms with Crippen molar-refractivity contribution < 1.29 is 24.6 Å². The van der Waals surface area contributed by atoms with E-state index in [2.05, 4.69) is 69.6 Å². The van der Waals surface area contributed by atoms with E-state index in [0.29, 0.717) is 48.4 Å². The van der Waals surface area contributed by atoms with E-state index in [9.17, 15) is 19.8 Å². The van der Waals surface area contributed by atoms with Gasteiger partial charge in [0, 0.05) is 43.7 Å². The summed E-state index contributed by atoms with van der Waals surface area (Å²) >= 11 is 0. The van der Waals surface area contributed by atoms with E-state index in [4.69, 9.17) is 4.84 Å². The molecule has 10 heteroatoms. The van der Waals surface area contributed by atoms with Crippen molar-refractivity contribution in [3.05, 3.63) is 59.7 Å². The third kappa shape index (κ3) is 9.17. The first-order valence-electron chi connectivity index (χ1n) is 20.3. The predicted octanol–water partition coefficient (Wildman–Crippen LogP) is 5.14. The fraction of sp³-hybridized carbons (Fsp3) is 0.674. The van der Waals surface area contributed by atoms with Crippen molar-refractivity contribution in [1.82, 2.24) is 25.1 Å². The zero-order chi connectivity index (χ0) is 38.4. The summed E-state index contributed by atoms with van der Waals surface area (Å²) in [4.78, 5) is 40.8. The van der Waals surface area contributed by atoms with Crippen LogP contribution in [0.4, 0.5) is 0 Å². The number of amides is 2. The van der Waals surface area contributed by atoms with E-state index in [1.165, 1.54) is 6.42 Å². The number of aliphatic hydroxyl groups excluding tert-OH is 2. The minimum absolute atomic E-state index is 0.0505. The van der Waals surface area contributed by atoms with Crippen LogP contribution in [0.5, 0.6) is 0 Å². The van der Waals surface area contributed by atoms with Crippen molar-refractivity contribution in [2.75, 3.05) is 59.0 Å². The molecule has 0 radical (unpaired) electrons. The van der Waals surface area contributed by atoms with Crippen molar-refractivity contribution in [2.24, 2.45) is 29.1 Å². The Kier molecular flexibility index (Phi) is 14.2. The molecule has 8 atom stereocenters. The minimum Gasteiger partial charge on any atom is -0.394 e. The van der Waals surface area contributed by atoms with Gasteiger partial charge in [0.05, 0.1) is 19.3 Å². The lowest BCUT2D eigenvalue weighted by Crippen LogP contribution is -2.62. The number of hydroxylamine groups is 2. The minimum atomic E-state index is -0.845. The van der Waals surface area contributed by atoms with E-state index in [-0.39, 0.29) is 24.5 Å². The summed E-state index contributed by atoms with van der Waals surface area (Å²) < 4.78 is 0. The first-order valence-corrected chi connectivity index (χ1v) is 20.3. The molecule has 3 N–H and O–H groups in total. The third-order valence-corrected chi connectivity index (χ3v) is 13.2. The maximum atomic E-state index is 14.1. The highest BCUT2D eigenvalue weighted by atomic mass is 16.7. The number of carbonyl (C=O) groups is 2. The summed E-state index contributed by atoms with van der Waals surface area (Å²) in [6, 6.07) is 15.3. The van der Waals surface area contributed by atoms with Crippen molar-refractivity contribution in [3.63, 3.8) is 0 Å². The maximum Gasteiger partial charge on any atom is 0.253 e. The Morgan fingerprint density at radius 2 is 1.55 bits per heavy atom. The first kappa shape index (κ1) is 41.3. The lowest BCUT2D eigenvalue weighted by molar-refractivity contribution is -0.183. The second-order valence-electron chi connectivity index (χ2n) is 16.4. The fourth-order valence-electron chi connectivity index (χ4n) is 9.42. The molecule has 53 heavy (non-hydrogen) atoms. The molecule has 3 saturated carbocycles. The number of aliphatic hydroxyl groups is 2. The van der Waals surface area contributed by atoms with Crippen molar-refractivity contribution in [1.29, 1.82) is 0 Å². The molecule has 4 fully saturated rings. The van der Waals surface area contributed by atoms with Crippen LogP contribution in [-0.2, 0) is 16.2 Å². The fourth-order valence-corrected chi connectivity index (χ4v) is 9.42. The smallest absolute Gasteiger partial charge is 0.253 e. The van der Waals surface area contributed by atoms with Crippen LogP contribution < -0.4 is 5.32 Å². The van der Waals surface area contributed by atoms with Gasteiger partial charge in [-0.1, -0.05) is 78.8 Å². The van der Waals surface area contributed by atoms with Crippen LogP contribution in [0.3, 0.4) is 0 Å². The third-order valence-electron chi connectivity index (χ3n) is 13.2. The molecule has 1 saturated heterocycles. The number of hydrogen-bond acceptors (Lipinski definition) is 8. The van der Waals surface area contributed by atoms with Crippen LogP contribution >= 0.6 is 0 Å². The van der Waals surface area contributed by atoms with Gasteiger partial charge in [0.1, 0.15) is 12.1 Å². The van der Waals surface area contributed by atoms with Crippen LogP contribution in [0, 0.1) is 29.1 Å². The second-order valence-corrected chi connectivity index (χ2v) is 16.4. The normalized spacial score (nSPS) is 27.1. The van der Waals surface area contributed by atoms with Gasteiger partial charge in [-0.3, -0.25) is 14.4 Å². The van der Waals surface area contributed by atoms with Crippen molar-refractivity contribution >= 4 is 11.8 Å². The van der Waals surface area contributed by atoms with Gasteiger partial charge in [-0.15, -0.1) is 0 Å². The number of benzene rings is 2. The van der Waals surface area contributed by atoms with Crippen LogP contribution in [0.1, 0.15) is 84.2 Å². The van der Waals surface area contributed by atoms with Crippen LogP contribution in [0.25, 0.3) is 11.1 Å². The predicted molar refractivity (Wildman–Crippen MR) is 211 cm³/mol. The standard InChI is InChI=1S/C43H67N5O5/c1-9-45(10-2)20-22-47(23-21-46(11-3)12-4)42(52)33-18-16-32(17-19-33)34-15-13-14-31(24-34)27-48-40(39(30(6)50)38(28-49)53-48)41(51)44-37-26-35-25-36(29(37)5)43(35,7)8/h13-19,24,29-30,35-40,49-50H,9-12,20-23,25-28H2,1-8H3,(H,44,51)/t29-,30-,35-,36+,37-,38-,39+,40-/m0/s1. The van der Waals surface area contributed by atoms with Crippen molar-refractivity contribution in [2.45, 2.75) is 99.1 Å². The van der Waals surface area contributed by atoms with Crippen LogP contribution in [0.2, 0.25) is 0 Å². The highest BCUT2D eigenvalue weighted by Crippen LogP contribution is 2.61. The Labute approximate surface area is 318 Å². The maximum absolute atomic E-state index is 14.1. The molecule has 1 aliphatic heterocycles. The Morgan fingerprint density at radius 1 is 0.925 bits per heavy atom. The molecule has 3 aliphatic carbocycles. The zero-order valence-corrected chi connectivity index (χ0v) is 33.6. The quantitative estimate of drug-likeness (QED) is 0.194. The first-order chi connectivity index (χ1) is 25.4. The molecule has 2 aromatic carbocycles. The van der Waals surface area contributed by atoms with E-state index < -0.39 is 24.2 Å². The summed E-state index contributed by atoms with van der Waals surface area (Å²) in [6.07, 6.45) is 0.656. The van der Waals surface area contributed by atoms with E-state index in [0.717, 1.165) is 62.4 Å². The van der Waals surface area contributed by atoms with Gasteiger partial charge >= 0.3 is 0 Å². The van der Waals surface area contributed by atoms with E-state index in [1.54, 1.807) is 12.0 Å². The average Bonchev–Trinajstić information content (AvgIpc) is 3.53. The van der Waals surface area contributed by atoms with Gasteiger partial charge in [0.25, 0.3) is 5.91 Å². The monoisotopic (exact) mass is 734 g/mol. The summed E-state index contributed by atoms with van der Waals surface area (Å²) in [6.45, 7) is 24.2. The van der Waals surface area contributed by atoms with Crippen molar-refractivity contribution in [3.8, 4) is 11.1 Å². The Bertz CT molecular complexity index is 1480. The number of hydrogen-bond donors (Lipinski definition) is 3. The lowest BCUT2D eigenvalue weighted by atomic mass is 9.45. The Hall–Kier alpha value is -2.86. The zero-order valence-electron chi connectivity index (χ0n) is 33.6. The highest BCUT2D eigenvalue weighted by Gasteiger charge is 2.57. The lowest BCUT2D eigenvalue weighted by Gasteiger charge is -2.62. The van der Waals surface area contributed by atoms with Gasteiger partial charge in [0.2, 0.25) is 5.91 Å². The largest absolute Gasteiger partial charge is 0.394 e. The van der Waals surface area contributed by atoms with Crippen LogP contribution in [-0.4, -0.2) is 125 Å². The second kappa shape index (κ2) is 18.2. The van der Waals surface area contributed by atoms with Gasteiger partial charge in [-0.25, -0.2) is 0 Å². The molecule has 0 unspecified atom stereocenters. The van der Waals surface area contributed by atoms with E-state index >= 15 is 0 Å². The molecule has 4 aliphatic rings. The molecule has 2 bridgehead atoms. The molecule has 10 nitrogen and oxygen atoms in total. The highest BCUT2D eigenvalue weighted by molar-refractivity contribution is 5.94. The molecular weight excluding hydrogens is 667 g/mol. The SMILES string of the molecule is CCN(CC)CCN(CCN(CC)CC)C(=O)c1ccc(-c2cccc(CN3O[C@@H](CO)[C@@H]([C@H](C)O)[C@H]3C(=O)N[C@H]3C[C@@H]4C[C@H]([C@@H]3C)C4(C)C)c2)cc1. The van der Waals surface area contributed by atoms with Gasteiger partial charge < -0.3 is 30.2 Å². The summed E-state index contributed by atoms with van der Waals surface area (Å²) in [5.41, 5.74) is 3.91.